The van der Waals surface area contributed by atoms with Gasteiger partial charge in [0.2, 0.25) is 0 Å². The predicted octanol–water partition coefficient (Wildman–Crippen LogP) is 4.56. The van der Waals surface area contributed by atoms with Crippen molar-refractivity contribution in [2.45, 2.75) is 50.6 Å². The van der Waals surface area contributed by atoms with Crippen molar-refractivity contribution >= 4 is 5.97 Å². The Morgan fingerprint density at radius 3 is 1.94 bits per heavy atom. The first-order valence-electron chi connectivity index (χ1n) is 10.9. The number of likely N-dealkylation sites (tertiary alicyclic amines) is 2. The van der Waals surface area contributed by atoms with Crippen molar-refractivity contribution in [2.75, 3.05) is 19.7 Å². The molecular formula is C24H27F3N2O3. The summed E-state index contributed by atoms with van der Waals surface area (Å²) in [6, 6.07) is 15.7. The second kappa shape index (κ2) is 9.50. The molecule has 0 saturated carbocycles. The number of halogens is 3. The van der Waals surface area contributed by atoms with Gasteiger partial charge in [0, 0.05) is 44.7 Å². The number of carboxylic acids is 1. The lowest BCUT2D eigenvalue weighted by Crippen LogP contribution is -2.45. The Bertz CT molecular complexity index is 916. The highest BCUT2D eigenvalue weighted by molar-refractivity contribution is 5.87. The van der Waals surface area contributed by atoms with E-state index in [1.807, 2.05) is 36.4 Å². The molecule has 1 N–H and O–H groups in total. The summed E-state index contributed by atoms with van der Waals surface area (Å²) >= 11 is 0. The van der Waals surface area contributed by atoms with Crippen LogP contribution in [0, 0.1) is 0 Å². The van der Waals surface area contributed by atoms with Crippen LogP contribution >= 0.6 is 0 Å². The van der Waals surface area contributed by atoms with Gasteiger partial charge in [-0.2, -0.15) is 13.2 Å². The maximum Gasteiger partial charge on any atom is 0.389 e. The lowest BCUT2D eigenvalue weighted by Gasteiger charge is -2.34. The Balaban J connectivity index is 1.22. The van der Waals surface area contributed by atoms with Crippen molar-refractivity contribution in [2.24, 2.45) is 0 Å². The molecule has 2 aliphatic heterocycles. The fourth-order valence-electron chi connectivity index (χ4n) is 4.59. The average Bonchev–Trinajstić information content (AvgIpc) is 3.32. The third kappa shape index (κ3) is 5.81. The topological polar surface area (TPSA) is 53.0 Å². The van der Waals surface area contributed by atoms with Crippen LogP contribution in [0.3, 0.4) is 0 Å². The Morgan fingerprint density at radius 1 is 0.938 bits per heavy atom. The van der Waals surface area contributed by atoms with Crippen LogP contribution in [0.2, 0.25) is 0 Å². The van der Waals surface area contributed by atoms with Crippen molar-refractivity contribution in [1.29, 1.82) is 0 Å². The Labute approximate surface area is 185 Å². The van der Waals surface area contributed by atoms with Crippen LogP contribution in [0.5, 0.6) is 5.75 Å². The van der Waals surface area contributed by atoms with E-state index in [1.54, 1.807) is 12.1 Å². The third-order valence-electron chi connectivity index (χ3n) is 6.24. The summed E-state index contributed by atoms with van der Waals surface area (Å²) in [5.74, 6) is -0.313. The molecule has 2 aliphatic rings. The summed E-state index contributed by atoms with van der Waals surface area (Å²) in [7, 11) is 0. The Hall–Kier alpha value is -2.58. The molecule has 5 nitrogen and oxygen atoms in total. The van der Waals surface area contributed by atoms with E-state index in [0.717, 1.165) is 43.7 Å². The van der Waals surface area contributed by atoms with Crippen LogP contribution in [0.15, 0.2) is 48.5 Å². The normalized spacial score (nSPS) is 21.2. The van der Waals surface area contributed by atoms with Gasteiger partial charge in [-0.3, -0.25) is 9.80 Å². The van der Waals surface area contributed by atoms with E-state index in [-0.39, 0.29) is 13.0 Å². The maximum atomic E-state index is 12.2. The van der Waals surface area contributed by atoms with Crippen molar-refractivity contribution in [1.82, 2.24) is 9.80 Å². The standard InChI is InChI=1S/C24H27F3N2O3/c25-24(26,27)10-1-11-32-22-8-4-18(5-9-22)14-29-16-20-12-21(29)15-28(20)13-17-2-6-19(7-3-17)23(30)31/h2-9,20-21H,1,10-16H2,(H,30,31). The second-order valence-corrected chi connectivity index (χ2v) is 8.62. The summed E-state index contributed by atoms with van der Waals surface area (Å²) in [5, 5.41) is 9.03. The molecule has 2 bridgehead atoms. The molecule has 2 atom stereocenters. The largest absolute Gasteiger partial charge is 0.494 e. The van der Waals surface area contributed by atoms with Crippen LogP contribution in [-0.4, -0.2) is 58.8 Å². The van der Waals surface area contributed by atoms with Crippen LogP contribution in [0.1, 0.15) is 40.7 Å². The van der Waals surface area contributed by atoms with Gasteiger partial charge in [0.25, 0.3) is 0 Å². The first-order chi connectivity index (χ1) is 15.3. The molecule has 0 spiro atoms. The summed E-state index contributed by atoms with van der Waals surface area (Å²) < 4.78 is 42.0. The van der Waals surface area contributed by atoms with Gasteiger partial charge in [-0.1, -0.05) is 24.3 Å². The number of nitrogens with zero attached hydrogens (tertiary/aromatic N) is 2. The van der Waals surface area contributed by atoms with Crippen LogP contribution in [-0.2, 0) is 13.1 Å². The van der Waals surface area contributed by atoms with Gasteiger partial charge < -0.3 is 9.84 Å². The number of fused-ring (bicyclic) bond motifs is 2. The highest BCUT2D eigenvalue weighted by Gasteiger charge is 2.42. The molecule has 2 aromatic carbocycles. The molecule has 0 aliphatic carbocycles. The summed E-state index contributed by atoms with van der Waals surface area (Å²) in [6.07, 6.45) is -3.87. The molecule has 0 radical (unpaired) electrons. The molecule has 2 saturated heterocycles. The smallest absolute Gasteiger partial charge is 0.389 e. The van der Waals surface area contributed by atoms with Gasteiger partial charge in [0.05, 0.1) is 12.2 Å². The van der Waals surface area contributed by atoms with Gasteiger partial charge >= 0.3 is 12.1 Å². The molecule has 172 valence electrons. The number of alkyl halides is 3. The number of rotatable bonds is 9. The summed E-state index contributed by atoms with van der Waals surface area (Å²) in [5.41, 5.74) is 2.59. The molecule has 32 heavy (non-hydrogen) atoms. The minimum Gasteiger partial charge on any atom is -0.494 e. The highest BCUT2D eigenvalue weighted by Crippen LogP contribution is 2.33. The van der Waals surface area contributed by atoms with E-state index < -0.39 is 18.6 Å². The average molecular weight is 448 g/mol. The molecule has 0 amide bonds. The molecular weight excluding hydrogens is 421 g/mol. The number of aromatic carboxylic acids is 1. The second-order valence-electron chi connectivity index (χ2n) is 8.62. The number of hydrogen-bond acceptors (Lipinski definition) is 4. The number of benzene rings is 2. The van der Waals surface area contributed by atoms with E-state index in [0.29, 0.717) is 23.4 Å². The van der Waals surface area contributed by atoms with Gasteiger partial charge in [-0.15, -0.1) is 0 Å². The van der Waals surface area contributed by atoms with Crippen molar-refractivity contribution in [3.05, 3.63) is 65.2 Å². The van der Waals surface area contributed by atoms with E-state index in [1.165, 1.54) is 0 Å². The number of piperazine rings is 1. The van der Waals surface area contributed by atoms with Crippen LogP contribution < -0.4 is 4.74 Å². The monoisotopic (exact) mass is 448 g/mol. The lowest BCUT2D eigenvalue weighted by atomic mass is 10.1. The first-order valence-corrected chi connectivity index (χ1v) is 10.9. The van der Waals surface area contributed by atoms with E-state index in [4.69, 9.17) is 9.84 Å². The predicted molar refractivity (Wildman–Crippen MR) is 114 cm³/mol. The zero-order chi connectivity index (χ0) is 22.7. The van der Waals surface area contributed by atoms with Gasteiger partial charge in [0.1, 0.15) is 5.75 Å². The van der Waals surface area contributed by atoms with E-state index in [2.05, 4.69) is 9.80 Å². The number of hydrogen-bond donors (Lipinski definition) is 1. The van der Waals surface area contributed by atoms with E-state index >= 15 is 0 Å². The minimum atomic E-state index is -4.14. The molecule has 4 rings (SSSR count). The summed E-state index contributed by atoms with van der Waals surface area (Å²) in [4.78, 5) is 15.9. The zero-order valence-corrected chi connectivity index (χ0v) is 17.7. The quantitative estimate of drug-likeness (QED) is 0.570. The molecule has 2 fully saturated rings. The fourth-order valence-corrected chi connectivity index (χ4v) is 4.59. The molecule has 2 unspecified atom stereocenters. The van der Waals surface area contributed by atoms with Crippen molar-refractivity contribution < 1.29 is 27.8 Å². The maximum absolute atomic E-state index is 12.2. The molecule has 2 heterocycles. The number of carboxylic acid groups (broad SMARTS) is 1. The highest BCUT2D eigenvalue weighted by atomic mass is 19.4. The lowest BCUT2D eigenvalue weighted by molar-refractivity contribution is -0.136. The first kappa shape index (κ1) is 22.6. The Morgan fingerprint density at radius 2 is 1.47 bits per heavy atom. The number of carbonyl (C=O) groups is 1. The number of ether oxygens (including phenoxy) is 1. The third-order valence-corrected chi connectivity index (χ3v) is 6.24. The molecule has 8 heteroatoms. The van der Waals surface area contributed by atoms with E-state index in [9.17, 15) is 18.0 Å². The van der Waals surface area contributed by atoms with Crippen LogP contribution in [0.4, 0.5) is 13.2 Å². The van der Waals surface area contributed by atoms with Gasteiger partial charge in [-0.25, -0.2) is 4.79 Å². The summed E-state index contributed by atoms with van der Waals surface area (Å²) in [6.45, 7) is 3.72. The van der Waals surface area contributed by atoms with Gasteiger partial charge in [0.15, 0.2) is 0 Å². The Kier molecular flexibility index (Phi) is 6.71. The minimum absolute atomic E-state index is 0.0394. The molecule has 0 aromatic heterocycles. The fraction of sp³-hybridized carbons (Fsp3) is 0.458. The van der Waals surface area contributed by atoms with Gasteiger partial charge in [-0.05, 0) is 48.2 Å². The van der Waals surface area contributed by atoms with Crippen LogP contribution in [0.25, 0.3) is 0 Å². The zero-order valence-electron chi connectivity index (χ0n) is 17.7. The van der Waals surface area contributed by atoms with Crippen molar-refractivity contribution in [3.63, 3.8) is 0 Å². The molecule has 2 aromatic rings. The SMILES string of the molecule is O=C(O)c1ccc(CN2CC3CC2CN3Cc2ccc(OCCCC(F)(F)F)cc2)cc1. The van der Waals surface area contributed by atoms with Crippen molar-refractivity contribution in [3.8, 4) is 5.75 Å².